The van der Waals surface area contributed by atoms with Crippen LogP contribution in [0.2, 0.25) is 0 Å². The number of carbonyl (C=O) groups excluding carboxylic acids is 1. The van der Waals surface area contributed by atoms with Crippen LogP contribution >= 0.6 is 0 Å². The van der Waals surface area contributed by atoms with Gasteiger partial charge in [0.2, 0.25) is 5.91 Å². The van der Waals surface area contributed by atoms with Gasteiger partial charge in [0, 0.05) is 6.42 Å². The molecular weight excluding hydrogens is 803 g/mol. The van der Waals surface area contributed by atoms with E-state index in [1.807, 2.05) is 0 Å². The van der Waals surface area contributed by atoms with Gasteiger partial charge in [0.05, 0.1) is 25.4 Å². The van der Waals surface area contributed by atoms with E-state index in [1.165, 1.54) is 96.3 Å². The number of rotatable bonds is 42. The highest BCUT2D eigenvalue weighted by Crippen LogP contribution is 2.23. The Kier molecular flexibility index (Phi) is 41.0. The monoisotopic (exact) mass is 898 g/mol. The van der Waals surface area contributed by atoms with Crippen LogP contribution in [0.3, 0.4) is 0 Å². The van der Waals surface area contributed by atoms with Crippen LogP contribution in [0.4, 0.5) is 0 Å². The van der Waals surface area contributed by atoms with Gasteiger partial charge in [-0.3, -0.25) is 4.79 Å². The third kappa shape index (κ3) is 33.8. The molecule has 9 nitrogen and oxygen atoms in total. The predicted octanol–water partition coefficient (Wildman–Crippen LogP) is 11.9. The van der Waals surface area contributed by atoms with Gasteiger partial charge in [0.25, 0.3) is 0 Å². The lowest BCUT2D eigenvalue weighted by molar-refractivity contribution is -0.302. The highest BCUT2D eigenvalue weighted by Gasteiger charge is 2.44. The second-order valence-corrected chi connectivity index (χ2v) is 17.6. The first-order valence-corrected chi connectivity index (χ1v) is 25.8. The largest absolute Gasteiger partial charge is 0.394 e. The number of unbranched alkanes of at least 4 members (excludes halogenated alkanes) is 18. The van der Waals surface area contributed by atoms with E-state index in [1.54, 1.807) is 0 Å². The molecule has 1 amide bonds. The van der Waals surface area contributed by atoms with Crippen LogP contribution in [0.5, 0.6) is 0 Å². The third-order valence-corrected chi connectivity index (χ3v) is 11.8. The van der Waals surface area contributed by atoms with Crippen molar-refractivity contribution in [3.05, 3.63) is 85.1 Å². The average Bonchev–Trinajstić information content (AvgIpc) is 3.29. The Morgan fingerprint density at radius 2 is 0.953 bits per heavy atom. The maximum Gasteiger partial charge on any atom is 0.220 e. The number of aliphatic hydroxyl groups excluding tert-OH is 5. The minimum absolute atomic E-state index is 0.166. The molecule has 9 heteroatoms. The first kappa shape index (κ1) is 59.4. The molecule has 1 heterocycles. The number of amides is 1. The lowest BCUT2D eigenvalue weighted by Gasteiger charge is -2.40. The van der Waals surface area contributed by atoms with E-state index in [4.69, 9.17) is 9.47 Å². The van der Waals surface area contributed by atoms with Crippen LogP contribution in [0.1, 0.15) is 200 Å². The van der Waals surface area contributed by atoms with Crippen LogP contribution in [0.15, 0.2) is 85.1 Å². The standard InChI is InChI=1S/C55H95NO8/c1-3-5-7-9-11-13-15-17-19-21-23-24-25-26-27-29-31-33-35-37-39-41-43-45-51(59)56-48(47-63-55-54(62)53(61)52(60)50(46-57)64-55)49(58)44-42-40-38-36-34-32-30-28-22-20-18-16-14-12-10-8-6-4-2/h5,7,11,13,17,19,23-24,26-27,31,33,37,39,48-50,52-55,57-58,60-62H,3-4,6,8-10,12,14-16,18,20-22,25,28-30,32,34-36,38,40-47H2,1-2H3,(H,56,59)/b7-5-,13-11-,19-17-,24-23-,27-26-,33-31-,39-37-. The van der Waals surface area contributed by atoms with Crippen molar-refractivity contribution in [3.8, 4) is 0 Å². The Bertz CT molecular complexity index is 1270. The van der Waals surface area contributed by atoms with Gasteiger partial charge >= 0.3 is 0 Å². The summed E-state index contributed by atoms with van der Waals surface area (Å²) in [6.07, 6.45) is 54.5. The molecule has 7 unspecified atom stereocenters. The lowest BCUT2D eigenvalue weighted by Crippen LogP contribution is -2.60. The van der Waals surface area contributed by atoms with E-state index in [0.29, 0.717) is 12.8 Å². The summed E-state index contributed by atoms with van der Waals surface area (Å²) in [5.74, 6) is -0.204. The Labute approximate surface area is 391 Å². The molecule has 6 N–H and O–H groups in total. The molecular formula is C55H95NO8. The molecule has 1 aliphatic rings. The molecule has 0 bridgehead atoms. The van der Waals surface area contributed by atoms with Gasteiger partial charge in [0.15, 0.2) is 6.29 Å². The molecule has 0 saturated carbocycles. The molecule has 1 saturated heterocycles. The molecule has 368 valence electrons. The summed E-state index contributed by atoms with van der Waals surface area (Å²) < 4.78 is 11.3. The Morgan fingerprint density at radius 1 is 0.547 bits per heavy atom. The summed E-state index contributed by atoms with van der Waals surface area (Å²) in [5, 5.41) is 54.5. The third-order valence-electron chi connectivity index (χ3n) is 11.8. The van der Waals surface area contributed by atoms with Gasteiger partial charge in [-0.15, -0.1) is 0 Å². The van der Waals surface area contributed by atoms with E-state index < -0.39 is 49.5 Å². The molecule has 0 aliphatic carbocycles. The minimum atomic E-state index is -1.57. The molecule has 1 aliphatic heterocycles. The first-order chi connectivity index (χ1) is 31.3. The zero-order chi connectivity index (χ0) is 46.6. The molecule has 0 aromatic carbocycles. The van der Waals surface area contributed by atoms with Crippen LogP contribution in [0.25, 0.3) is 0 Å². The SMILES string of the molecule is CC/C=C\C/C=C\C/C=C\C/C=C\C/C=C\C/C=C\C/C=C\CCCC(=O)NC(COC1OC(CO)C(O)C(O)C1O)C(O)CCCCCCCCCCCCCCCCCCCC. The van der Waals surface area contributed by atoms with Gasteiger partial charge in [-0.25, -0.2) is 0 Å². The topological polar surface area (TPSA) is 149 Å². The summed E-state index contributed by atoms with van der Waals surface area (Å²) >= 11 is 0. The molecule has 64 heavy (non-hydrogen) atoms. The highest BCUT2D eigenvalue weighted by molar-refractivity contribution is 5.76. The predicted molar refractivity (Wildman–Crippen MR) is 267 cm³/mol. The van der Waals surface area contributed by atoms with Gasteiger partial charge < -0.3 is 40.3 Å². The zero-order valence-electron chi connectivity index (χ0n) is 40.5. The fourth-order valence-corrected chi connectivity index (χ4v) is 7.68. The van der Waals surface area contributed by atoms with Gasteiger partial charge in [-0.2, -0.15) is 0 Å². The van der Waals surface area contributed by atoms with Gasteiger partial charge in [-0.05, 0) is 64.2 Å². The number of carbonyl (C=O) groups is 1. The van der Waals surface area contributed by atoms with Crippen molar-refractivity contribution in [1.82, 2.24) is 5.32 Å². The fourth-order valence-electron chi connectivity index (χ4n) is 7.68. The van der Waals surface area contributed by atoms with Crippen LogP contribution < -0.4 is 5.32 Å². The Balaban J connectivity index is 2.34. The summed E-state index contributed by atoms with van der Waals surface area (Å²) in [6.45, 7) is 3.69. The van der Waals surface area contributed by atoms with Crippen molar-refractivity contribution in [2.75, 3.05) is 13.2 Å². The molecule has 0 aromatic heterocycles. The molecule has 0 aromatic rings. The number of hydrogen-bond donors (Lipinski definition) is 6. The van der Waals surface area contributed by atoms with E-state index >= 15 is 0 Å². The second-order valence-electron chi connectivity index (χ2n) is 17.6. The molecule has 7 atom stereocenters. The quantitative estimate of drug-likeness (QED) is 0.0262. The number of allylic oxidation sites excluding steroid dienone is 14. The van der Waals surface area contributed by atoms with Crippen molar-refractivity contribution < 1.29 is 39.8 Å². The summed E-state index contributed by atoms with van der Waals surface area (Å²) in [7, 11) is 0. The zero-order valence-corrected chi connectivity index (χ0v) is 40.5. The van der Waals surface area contributed by atoms with E-state index in [0.717, 1.165) is 70.6 Å². The normalized spacial score (nSPS) is 20.8. The number of nitrogens with one attached hydrogen (secondary N) is 1. The van der Waals surface area contributed by atoms with Crippen molar-refractivity contribution in [2.24, 2.45) is 0 Å². The second kappa shape index (κ2) is 44.2. The van der Waals surface area contributed by atoms with Crippen LogP contribution in [-0.4, -0.2) is 87.5 Å². The van der Waals surface area contributed by atoms with Crippen molar-refractivity contribution in [3.63, 3.8) is 0 Å². The van der Waals surface area contributed by atoms with Crippen LogP contribution in [-0.2, 0) is 14.3 Å². The van der Waals surface area contributed by atoms with Crippen molar-refractivity contribution in [1.29, 1.82) is 0 Å². The summed E-state index contributed by atoms with van der Waals surface area (Å²) in [4.78, 5) is 13.0. The Morgan fingerprint density at radius 3 is 1.38 bits per heavy atom. The summed E-state index contributed by atoms with van der Waals surface area (Å²) in [5.41, 5.74) is 0. The molecule has 0 radical (unpaired) electrons. The van der Waals surface area contributed by atoms with Crippen molar-refractivity contribution >= 4 is 5.91 Å². The number of hydrogen-bond acceptors (Lipinski definition) is 8. The molecule has 1 fully saturated rings. The van der Waals surface area contributed by atoms with Gasteiger partial charge in [-0.1, -0.05) is 214 Å². The molecule has 1 rings (SSSR count). The highest BCUT2D eigenvalue weighted by atomic mass is 16.7. The minimum Gasteiger partial charge on any atom is -0.394 e. The smallest absolute Gasteiger partial charge is 0.220 e. The maximum absolute atomic E-state index is 13.0. The van der Waals surface area contributed by atoms with Crippen molar-refractivity contribution in [2.45, 2.75) is 243 Å². The summed E-state index contributed by atoms with van der Waals surface area (Å²) in [6, 6.07) is -0.755. The maximum atomic E-state index is 13.0. The first-order valence-electron chi connectivity index (χ1n) is 25.8. The number of aliphatic hydroxyl groups is 5. The van der Waals surface area contributed by atoms with Gasteiger partial charge in [0.1, 0.15) is 24.4 Å². The van der Waals surface area contributed by atoms with Crippen LogP contribution in [0, 0.1) is 0 Å². The van der Waals surface area contributed by atoms with E-state index in [2.05, 4.69) is 104 Å². The Hall–Kier alpha value is -2.63. The average molecular weight is 898 g/mol. The lowest BCUT2D eigenvalue weighted by atomic mass is 9.99. The molecule has 0 spiro atoms. The fraction of sp³-hybridized carbons (Fsp3) is 0.727. The number of ether oxygens (including phenoxy) is 2. The van der Waals surface area contributed by atoms with E-state index in [-0.39, 0.29) is 18.9 Å². The van der Waals surface area contributed by atoms with E-state index in [9.17, 15) is 30.3 Å².